The molecule has 0 amide bonds. The quantitative estimate of drug-likeness (QED) is 0.585. The molecule has 2 rings (SSSR count). The number of halogens is 1. The Morgan fingerprint density at radius 1 is 1.10 bits per heavy atom. The van der Waals surface area contributed by atoms with Gasteiger partial charge < -0.3 is 10.2 Å². The first-order chi connectivity index (χ1) is 10.2. The van der Waals surface area contributed by atoms with Crippen molar-refractivity contribution in [3.63, 3.8) is 0 Å². The number of hydrogen-bond acceptors (Lipinski definition) is 3. The van der Waals surface area contributed by atoms with Gasteiger partial charge in [0.2, 0.25) is 0 Å². The molecule has 2 aromatic rings. The van der Waals surface area contributed by atoms with Gasteiger partial charge in [0.1, 0.15) is 4.60 Å². The fraction of sp³-hybridized carbons (Fsp3) is 0.353. The van der Waals surface area contributed by atoms with Crippen LogP contribution >= 0.6 is 15.9 Å². The van der Waals surface area contributed by atoms with Crippen LogP contribution in [0.4, 0.5) is 0 Å². The Morgan fingerprint density at radius 2 is 1.90 bits per heavy atom. The van der Waals surface area contributed by atoms with Gasteiger partial charge in [-0.1, -0.05) is 36.4 Å². The number of nitrogens with zero attached hydrogens (tertiary/aromatic N) is 2. The lowest BCUT2D eigenvalue weighted by Gasteiger charge is -2.16. The highest BCUT2D eigenvalue weighted by Gasteiger charge is 2.00. The second-order valence-corrected chi connectivity index (χ2v) is 6.02. The molecule has 0 aliphatic carbocycles. The van der Waals surface area contributed by atoms with Crippen molar-refractivity contribution < 1.29 is 0 Å². The highest BCUT2D eigenvalue weighted by Crippen LogP contribution is 2.06. The SMILES string of the molecule is CN(CCCNCc1cccc(Br)n1)Cc1ccccc1. The van der Waals surface area contributed by atoms with E-state index < -0.39 is 0 Å². The third-order valence-electron chi connectivity index (χ3n) is 3.27. The van der Waals surface area contributed by atoms with Gasteiger partial charge in [-0.3, -0.25) is 0 Å². The predicted molar refractivity (Wildman–Crippen MR) is 91.0 cm³/mol. The second kappa shape index (κ2) is 8.93. The summed E-state index contributed by atoms with van der Waals surface area (Å²) in [4.78, 5) is 6.76. The Balaban J connectivity index is 1.59. The molecule has 0 unspecified atom stereocenters. The molecular weight excluding hydrogens is 326 g/mol. The minimum atomic E-state index is 0.821. The topological polar surface area (TPSA) is 28.2 Å². The number of pyridine rings is 1. The van der Waals surface area contributed by atoms with E-state index in [1.54, 1.807) is 0 Å². The monoisotopic (exact) mass is 347 g/mol. The van der Waals surface area contributed by atoms with Crippen molar-refractivity contribution in [3.8, 4) is 0 Å². The summed E-state index contributed by atoms with van der Waals surface area (Å²) in [6.45, 7) is 3.93. The van der Waals surface area contributed by atoms with Crippen molar-refractivity contribution in [3.05, 3.63) is 64.4 Å². The van der Waals surface area contributed by atoms with Crippen LogP contribution in [-0.4, -0.2) is 30.0 Å². The lowest BCUT2D eigenvalue weighted by Crippen LogP contribution is -2.24. The van der Waals surface area contributed by atoms with Crippen molar-refractivity contribution in [1.29, 1.82) is 0 Å². The van der Waals surface area contributed by atoms with Gasteiger partial charge in [-0.15, -0.1) is 0 Å². The van der Waals surface area contributed by atoms with Gasteiger partial charge in [0.25, 0.3) is 0 Å². The Morgan fingerprint density at radius 3 is 2.67 bits per heavy atom. The maximum absolute atomic E-state index is 4.41. The summed E-state index contributed by atoms with van der Waals surface area (Å²) in [5, 5.41) is 3.44. The predicted octanol–water partition coefficient (Wildman–Crippen LogP) is 3.46. The molecule has 1 N–H and O–H groups in total. The number of benzene rings is 1. The minimum Gasteiger partial charge on any atom is -0.311 e. The van der Waals surface area contributed by atoms with E-state index in [1.165, 1.54) is 5.56 Å². The molecule has 1 aromatic heterocycles. The Labute approximate surface area is 135 Å². The first kappa shape index (κ1) is 16.1. The van der Waals surface area contributed by atoms with Crippen LogP contribution in [0, 0.1) is 0 Å². The molecule has 0 aliphatic rings. The fourth-order valence-electron chi connectivity index (χ4n) is 2.21. The van der Waals surface area contributed by atoms with Crippen LogP contribution in [0.5, 0.6) is 0 Å². The van der Waals surface area contributed by atoms with Gasteiger partial charge in [0, 0.05) is 13.1 Å². The van der Waals surface area contributed by atoms with Crippen LogP contribution in [-0.2, 0) is 13.1 Å². The van der Waals surface area contributed by atoms with E-state index in [1.807, 2.05) is 18.2 Å². The van der Waals surface area contributed by atoms with E-state index in [-0.39, 0.29) is 0 Å². The highest BCUT2D eigenvalue weighted by atomic mass is 79.9. The van der Waals surface area contributed by atoms with Crippen molar-refractivity contribution >= 4 is 15.9 Å². The zero-order valence-electron chi connectivity index (χ0n) is 12.4. The van der Waals surface area contributed by atoms with E-state index in [0.717, 1.165) is 42.9 Å². The van der Waals surface area contributed by atoms with E-state index in [4.69, 9.17) is 0 Å². The lowest BCUT2D eigenvalue weighted by molar-refractivity contribution is 0.319. The molecular formula is C17H22BrN3. The highest BCUT2D eigenvalue weighted by molar-refractivity contribution is 9.10. The zero-order valence-corrected chi connectivity index (χ0v) is 14.0. The summed E-state index contributed by atoms with van der Waals surface area (Å²) in [5.41, 5.74) is 2.44. The average Bonchev–Trinajstić information content (AvgIpc) is 2.48. The smallest absolute Gasteiger partial charge is 0.106 e. The van der Waals surface area contributed by atoms with Crippen LogP contribution < -0.4 is 5.32 Å². The van der Waals surface area contributed by atoms with E-state index >= 15 is 0 Å². The molecule has 1 heterocycles. The average molecular weight is 348 g/mol. The first-order valence-electron chi connectivity index (χ1n) is 7.28. The molecule has 4 heteroatoms. The molecule has 0 fully saturated rings. The minimum absolute atomic E-state index is 0.821. The Hall–Kier alpha value is -1.23. The standard InChI is InChI=1S/C17H22BrN3/c1-21(14-15-7-3-2-4-8-15)12-6-11-19-13-16-9-5-10-17(18)20-16/h2-5,7-10,19H,6,11-14H2,1H3. The van der Waals surface area contributed by atoms with Gasteiger partial charge in [0.05, 0.1) is 5.69 Å². The number of aromatic nitrogens is 1. The summed E-state index contributed by atoms with van der Waals surface area (Å²) in [5.74, 6) is 0. The molecule has 0 bridgehead atoms. The summed E-state index contributed by atoms with van der Waals surface area (Å²) < 4.78 is 0.893. The number of hydrogen-bond donors (Lipinski definition) is 1. The van der Waals surface area contributed by atoms with Crippen LogP contribution in [0.2, 0.25) is 0 Å². The van der Waals surface area contributed by atoms with Crippen LogP contribution in [0.3, 0.4) is 0 Å². The molecule has 0 spiro atoms. The van der Waals surface area contributed by atoms with Gasteiger partial charge >= 0.3 is 0 Å². The Kier molecular flexibility index (Phi) is 6.86. The van der Waals surface area contributed by atoms with E-state index in [2.05, 4.69) is 68.5 Å². The van der Waals surface area contributed by atoms with Crippen LogP contribution in [0.25, 0.3) is 0 Å². The van der Waals surface area contributed by atoms with Crippen molar-refractivity contribution in [2.75, 3.05) is 20.1 Å². The van der Waals surface area contributed by atoms with Gasteiger partial charge in [-0.25, -0.2) is 4.98 Å². The Bertz CT molecular complexity index is 531. The maximum Gasteiger partial charge on any atom is 0.106 e. The van der Waals surface area contributed by atoms with E-state index in [0.29, 0.717) is 0 Å². The molecule has 3 nitrogen and oxygen atoms in total. The van der Waals surface area contributed by atoms with Crippen LogP contribution in [0.1, 0.15) is 17.7 Å². The fourth-order valence-corrected chi connectivity index (χ4v) is 2.59. The third-order valence-corrected chi connectivity index (χ3v) is 3.71. The number of rotatable bonds is 8. The van der Waals surface area contributed by atoms with Crippen molar-refractivity contribution in [2.45, 2.75) is 19.5 Å². The first-order valence-corrected chi connectivity index (χ1v) is 8.08. The molecule has 1 aromatic carbocycles. The lowest BCUT2D eigenvalue weighted by atomic mass is 10.2. The molecule has 0 aliphatic heterocycles. The van der Waals surface area contributed by atoms with Gasteiger partial charge in [-0.2, -0.15) is 0 Å². The second-order valence-electron chi connectivity index (χ2n) is 5.21. The maximum atomic E-state index is 4.41. The third kappa shape index (κ3) is 6.38. The zero-order chi connectivity index (χ0) is 14.9. The van der Waals surface area contributed by atoms with Crippen molar-refractivity contribution in [2.24, 2.45) is 0 Å². The molecule has 21 heavy (non-hydrogen) atoms. The van der Waals surface area contributed by atoms with E-state index in [9.17, 15) is 0 Å². The van der Waals surface area contributed by atoms with Gasteiger partial charge in [-0.05, 0) is 60.2 Å². The van der Waals surface area contributed by atoms with Crippen molar-refractivity contribution in [1.82, 2.24) is 15.2 Å². The largest absolute Gasteiger partial charge is 0.311 e. The molecule has 0 saturated carbocycles. The molecule has 112 valence electrons. The number of nitrogens with one attached hydrogen (secondary N) is 1. The molecule has 0 saturated heterocycles. The summed E-state index contributed by atoms with van der Waals surface area (Å²) in [6.07, 6.45) is 1.14. The molecule has 0 atom stereocenters. The summed E-state index contributed by atoms with van der Waals surface area (Å²) in [6, 6.07) is 16.6. The normalized spacial score (nSPS) is 11.0. The summed E-state index contributed by atoms with van der Waals surface area (Å²) in [7, 11) is 2.17. The summed E-state index contributed by atoms with van der Waals surface area (Å²) >= 11 is 3.39. The van der Waals surface area contributed by atoms with Crippen LogP contribution in [0.15, 0.2) is 53.1 Å². The molecule has 0 radical (unpaired) electrons. The van der Waals surface area contributed by atoms with Gasteiger partial charge in [0.15, 0.2) is 0 Å².